The molecule has 0 atom stereocenters. The summed E-state index contributed by atoms with van der Waals surface area (Å²) in [6.45, 7) is 0. The molecule has 1 rings (SSSR count). The smallest absolute Gasteiger partial charge is 0.257 e. The molecule has 1 aromatic rings. The second-order valence-electron chi connectivity index (χ2n) is 3.31. The van der Waals surface area contributed by atoms with Crippen LogP contribution in [0.4, 0.5) is 0 Å². The summed E-state index contributed by atoms with van der Waals surface area (Å²) in [6, 6.07) is 7.08. The van der Waals surface area contributed by atoms with Crippen LogP contribution in [0.5, 0.6) is 5.75 Å². The molecule has 0 aliphatic heterocycles. The van der Waals surface area contributed by atoms with Gasteiger partial charge >= 0.3 is 0 Å². The molecule has 0 saturated carbocycles. The Labute approximate surface area is 100 Å². The lowest BCUT2D eigenvalue weighted by molar-refractivity contribution is -0.114. The summed E-state index contributed by atoms with van der Waals surface area (Å²) in [4.78, 5) is 11.2. The van der Waals surface area contributed by atoms with Crippen molar-refractivity contribution in [2.45, 2.75) is 0 Å². The predicted octanol–water partition coefficient (Wildman–Crippen LogP) is 0.784. The number of methoxy groups -OCH3 is 1. The van der Waals surface area contributed by atoms with Crippen molar-refractivity contribution in [3.63, 3.8) is 0 Å². The first-order valence-corrected chi connectivity index (χ1v) is 6.64. The van der Waals surface area contributed by atoms with Gasteiger partial charge in [0.25, 0.3) is 5.91 Å². The molecule has 0 heterocycles. The van der Waals surface area contributed by atoms with E-state index in [-0.39, 0.29) is 0 Å². The minimum Gasteiger partial charge on any atom is -0.496 e. The Morgan fingerprint density at radius 3 is 2.59 bits per heavy atom. The lowest BCUT2D eigenvalue weighted by Crippen LogP contribution is -2.27. The molecule has 0 bridgehead atoms. The van der Waals surface area contributed by atoms with E-state index in [4.69, 9.17) is 4.74 Å². The summed E-state index contributed by atoms with van der Waals surface area (Å²) < 4.78 is 28.5. The number of sulfonamides is 1. The van der Waals surface area contributed by atoms with Gasteiger partial charge in [0.05, 0.1) is 13.4 Å². The topological polar surface area (TPSA) is 72.5 Å². The van der Waals surface area contributed by atoms with Crippen LogP contribution in [0.15, 0.2) is 30.3 Å². The van der Waals surface area contributed by atoms with Crippen molar-refractivity contribution in [2.24, 2.45) is 0 Å². The van der Waals surface area contributed by atoms with Crippen molar-refractivity contribution in [1.29, 1.82) is 0 Å². The average Bonchev–Trinajstić information content (AvgIpc) is 2.24. The Kier molecular flexibility index (Phi) is 4.28. The molecule has 0 radical (unpaired) electrons. The Balaban J connectivity index is 2.80. The largest absolute Gasteiger partial charge is 0.496 e. The van der Waals surface area contributed by atoms with Gasteiger partial charge < -0.3 is 4.74 Å². The lowest BCUT2D eigenvalue weighted by atomic mass is 10.2. The Morgan fingerprint density at radius 1 is 1.35 bits per heavy atom. The SMILES string of the molecule is COc1ccccc1/C=C\C(=O)NS(C)(=O)=O. The average molecular weight is 255 g/mol. The number of nitrogens with one attached hydrogen (secondary N) is 1. The van der Waals surface area contributed by atoms with Gasteiger partial charge in [-0.15, -0.1) is 0 Å². The number of hydrogen-bond acceptors (Lipinski definition) is 4. The number of amides is 1. The molecule has 1 aromatic carbocycles. The molecule has 0 aliphatic carbocycles. The van der Waals surface area contributed by atoms with Crippen LogP contribution in [0.1, 0.15) is 5.56 Å². The molecular weight excluding hydrogens is 242 g/mol. The van der Waals surface area contributed by atoms with Gasteiger partial charge in [-0.3, -0.25) is 4.79 Å². The number of para-hydroxylation sites is 1. The van der Waals surface area contributed by atoms with E-state index in [0.29, 0.717) is 11.3 Å². The van der Waals surface area contributed by atoms with Crippen molar-refractivity contribution in [1.82, 2.24) is 4.72 Å². The third kappa shape index (κ3) is 4.69. The molecule has 0 spiro atoms. The molecule has 17 heavy (non-hydrogen) atoms. The number of carbonyl (C=O) groups excluding carboxylic acids is 1. The highest BCUT2D eigenvalue weighted by Crippen LogP contribution is 2.18. The van der Waals surface area contributed by atoms with Crippen LogP contribution < -0.4 is 9.46 Å². The van der Waals surface area contributed by atoms with Gasteiger partial charge in [-0.05, 0) is 12.1 Å². The fourth-order valence-corrected chi connectivity index (χ4v) is 1.62. The monoisotopic (exact) mass is 255 g/mol. The van der Waals surface area contributed by atoms with Gasteiger partial charge in [-0.2, -0.15) is 0 Å². The van der Waals surface area contributed by atoms with E-state index in [1.807, 2.05) is 4.72 Å². The van der Waals surface area contributed by atoms with E-state index in [1.165, 1.54) is 13.2 Å². The second-order valence-corrected chi connectivity index (χ2v) is 5.06. The Hall–Kier alpha value is -1.82. The van der Waals surface area contributed by atoms with Crippen molar-refractivity contribution in [3.05, 3.63) is 35.9 Å². The maximum Gasteiger partial charge on any atom is 0.257 e. The first kappa shape index (κ1) is 13.2. The van der Waals surface area contributed by atoms with E-state index in [1.54, 1.807) is 24.3 Å². The number of rotatable bonds is 4. The van der Waals surface area contributed by atoms with E-state index < -0.39 is 15.9 Å². The number of benzene rings is 1. The Morgan fingerprint density at radius 2 is 2.00 bits per heavy atom. The fourth-order valence-electron chi connectivity index (χ4n) is 1.19. The van der Waals surface area contributed by atoms with E-state index in [2.05, 4.69) is 0 Å². The normalized spacial score (nSPS) is 11.4. The van der Waals surface area contributed by atoms with Gasteiger partial charge in [0.15, 0.2) is 0 Å². The standard InChI is InChI=1S/C11H13NO4S/c1-16-10-6-4-3-5-9(10)7-8-11(13)12-17(2,14)15/h3-8H,1-2H3,(H,12,13)/b8-7-. The van der Waals surface area contributed by atoms with Crippen molar-refractivity contribution < 1.29 is 17.9 Å². The van der Waals surface area contributed by atoms with Crippen LogP contribution in [0.2, 0.25) is 0 Å². The van der Waals surface area contributed by atoms with Crippen LogP contribution >= 0.6 is 0 Å². The fraction of sp³-hybridized carbons (Fsp3) is 0.182. The molecule has 0 unspecified atom stereocenters. The van der Waals surface area contributed by atoms with E-state index >= 15 is 0 Å². The van der Waals surface area contributed by atoms with E-state index in [9.17, 15) is 13.2 Å². The summed E-state index contributed by atoms with van der Waals surface area (Å²) in [5, 5.41) is 0. The van der Waals surface area contributed by atoms with Crippen molar-refractivity contribution >= 4 is 22.0 Å². The molecule has 0 fully saturated rings. The first-order valence-electron chi connectivity index (χ1n) is 4.75. The molecule has 0 saturated heterocycles. The summed E-state index contributed by atoms with van der Waals surface area (Å²) in [5.41, 5.74) is 0.693. The van der Waals surface area contributed by atoms with E-state index in [0.717, 1.165) is 12.3 Å². The minimum atomic E-state index is -3.53. The number of ether oxygens (including phenoxy) is 1. The maximum absolute atomic E-state index is 11.2. The van der Waals surface area contributed by atoms with Gasteiger partial charge in [0.1, 0.15) is 5.75 Å². The predicted molar refractivity (Wildman–Crippen MR) is 65.0 cm³/mol. The molecule has 1 amide bonds. The summed E-state index contributed by atoms with van der Waals surface area (Å²) in [7, 11) is -2.01. The van der Waals surface area contributed by atoms with Crippen LogP contribution in [0, 0.1) is 0 Å². The molecule has 0 aromatic heterocycles. The molecule has 1 N–H and O–H groups in total. The molecule has 6 heteroatoms. The third-order valence-corrected chi connectivity index (χ3v) is 2.41. The summed E-state index contributed by atoms with van der Waals surface area (Å²) in [5.74, 6) is -0.0886. The lowest BCUT2D eigenvalue weighted by Gasteiger charge is -2.03. The van der Waals surface area contributed by atoms with Crippen LogP contribution in [0.3, 0.4) is 0 Å². The number of hydrogen-bond donors (Lipinski definition) is 1. The zero-order valence-electron chi connectivity index (χ0n) is 9.51. The number of carbonyl (C=O) groups is 1. The van der Waals surface area contributed by atoms with Crippen molar-refractivity contribution in [3.8, 4) is 5.75 Å². The van der Waals surface area contributed by atoms with Gasteiger partial charge in [-0.1, -0.05) is 18.2 Å². The molecular formula is C11H13NO4S. The zero-order chi connectivity index (χ0) is 12.9. The highest BCUT2D eigenvalue weighted by atomic mass is 32.2. The zero-order valence-corrected chi connectivity index (χ0v) is 10.3. The maximum atomic E-state index is 11.2. The highest BCUT2D eigenvalue weighted by molar-refractivity contribution is 7.89. The highest BCUT2D eigenvalue weighted by Gasteiger charge is 2.04. The first-order chi connectivity index (χ1) is 7.92. The van der Waals surface area contributed by atoms with Gasteiger partial charge in [0.2, 0.25) is 10.0 Å². The van der Waals surface area contributed by atoms with Crippen LogP contribution in [-0.4, -0.2) is 27.7 Å². The molecule has 0 aliphatic rings. The molecule has 92 valence electrons. The second kappa shape index (κ2) is 5.49. The van der Waals surface area contributed by atoms with Gasteiger partial charge in [0, 0.05) is 11.6 Å². The quantitative estimate of drug-likeness (QED) is 0.807. The molecule has 5 nitrogen and oxygen atoms in total. The van der Waals surface area contributed by atoms with Crippen molar-refractivity contribution in [2.75, 3.05) is 13.4 Å². The Bertz CT molecular complexity index is 534. The van der Waals surface area contributed by atoms with Crippen LogP contribution in [0.25, 0.3) is 6.08 Å². The minimum absolute atomic E-state index is 0.607. The third-order valence-electron chi connectivity index (χ3n) is 1.84. The van der Waals surface area contributed by atoms with Crippen LogP contribution in [-0.2, 0) is 14.8 Å². The van der Waals surface area contributed by atoms with Gasteiger partial charge in [-0.25, -0.2) is 13.1 Å². The summed E-state index contributed by atoms with van der Waals surface area (Å²) >= 11 is 0. The summed E-state index contributed by atoms with van der Waals surface area (Å²) in [6.07, 6.45) is 3.54.